The molecular formula is C11H18N4O2. The lowest BCUT2D eigenvalue weighted by Crippen LogP contribution is -2.49. The Labute approximate surface area is 101 Å². The smallest absolute Gasteiger partial charge is 0.319 e. The van der Waals surface area contributed by atoms with E-state index in [0.717, 1.165) is 12.8 Å². The standard InChI is InChI=1S/C11H18N4O2/c1-14(2)11(17)15-7-4-9(5-8-15)13-10(16)3-6-12/h9H,3-5,7-8H2,1-2H3,(H,13,16). The Morgan fingerprint density at radius 1 is 1.41 bits per heavy atom. The minimum absolute atomic E-state index is 0.00630. The highest BCUT2D eigenvalue weighted by molar-refractivity contribution is 5.78. The molecule has 0 bridgehead atoms. The van der Waals surface area contributed by atoms with Gasteiger partial charge in [0.1, 0.15) is 6.42 Å². The van der Waals surface area contributed by atoms with Crippen molar-refractivity contribution in [2.24, 2.45) is 0 Å². The summed E-state index contributed by atoms with van der Waals surface area (Å²) in [6.45, 7) is 1.29. The Balaban J connectivity index is 2.34. The highest BCUT2D eigenvalue weighted by Crippen LogP contribution is 2.11. The van der Waals surface area contributed by atoms with Crippen molar-refractivity contribution in [2.75, 3.05) is 27.2 Å². The summed E-state index contributed by atoms with van der Waals surface area (Å²) in [6.07, 6.45) is 1.39. The van der Waals surface area contributed by atoms with Crippen LogP contribution < -0.4 is 5.32 Å². The normalized spacial score (nSPS) is 16.2. The molecule has 3 amide bonds. The second-order valence-corrected chi connectivity index (χ2v) is 4.34. The minimum Gasteiger partial charge on any atom is -0.352 e. The molecule has 0 aromatic carbocycles. The van der Waals surface area contributed by atoms with Gasteiger partial charge < -0.3 is 15.1 Å². The molecule has 1 saturated heterocycles. The third-order valence-corrected chi connectivity index (χ3v) is 2.75. The molecule has 6 heteroatoms. The van der Waals surface area contributed by atoms with E-state index in [1.54, 1.807) is 23.9 Å². The lowest BCUT2D eigenvalue weighted by molar-refractivity contribution is -0.121. The lowest BCUT2D eigenvalue weighted by atomic mass is 10.1. The zero-order valence-corrected chi connectivity index (χ0v) is 10.3. The number of hydrogen-bond acceptors (Lipinski definition) is 3. The molecule has 1 fully saturated rings. The molecule has 6 nitrogen and oxygen atoms in total. The van der Waals surface area contributed by atoms with Crippen molar-refractivity contribution in [3.63, 3.8) is 0 Å². The Morgan fingerprint density at radius 2 is 2.00 bits per heavy atom. The SMILES string of the molecule is CN(C)C(=O)N1CCC(NC(=O)CC#N)CC1. The van der Waals surface area contributed by atoms with Crippen molar-refractivity contribution < 1.29 is 9.59 Å². The van der Waals surface area contributed by atoms with Crippen molar-refractivity contribution in [3.8, 4) is 6.07 Å². The molecular weight excluding hydrogens is 220 g/mol. The van der Waals surface area contributed by atoms with E-state index < -0.39 is 0 Å². The van der Waals surface area contributed by atoms with Crippen LogP contribution in [0.3, 0.4) is 0 Å². The molecule has 94 valence electrons. The van der Waals surface area contributed by atoms with Crippen LogP contribution in [-0.2, 0) is 4.79 Å². The van der Waals surface area contributed by atoms with Gasteiger partial charge in [0.05, 0.1) is 6.07 Å². The molecule has 1 aliphatic rings. The van der Waals surface area contributed by atoms with Gasteiger partial charge in [-0.15, -0.1) is 0 Å². The molecule has 0 aliphatic carbocycles. The molecule has 0 atom stereocenters. The molecule has 0 radical (unpaired) electrons. The summed E-state index contributed by atoms with van der Waals surface area (Å²) in [5.41, 5.74) is 0. The van der Waals surface area contributed by atoms with E-state index in [4.69, 9.17) is 5.26 Å². The fourth-order valence-corrected chi connectivity index (χ4v) is 1.85. The average Bonchev–Trinajstić information content (AvgIpc) is 2.29. The second kappa shape index (κ2) is 6.09. The molecule has 17 heavy (non-hydrogen) atoms. The fourth-order valence-electron chi connectivity index (χ4n) is 1.85. The zero-order chi connectivity index (χ0) is 12.8. The first-order valence-corrected chi connectivity index (χ1v) is 5.67. The summed E-state index contributed by atoms with van der Waals surface area (Å²) < 4.78 is 0. The van der Waals surface area contributed by atoms with Crippen molar-refractivity contribution >= 4 is 11.9 Å². The van der Waals surface area contributed by atoms with E-state index in [1.807, 2.05) is 6.07 Å². The van der Waals surface area contributed by atoms with Crippen LogP contribution >= 0.6 is 0 Å². The van der Waals surface area contributed by atoms with Crippen molar-refractivity contribution in [1.82, 2.24) is 15.1 Å². The number of amides is 3. The van der Waals surface area contributed by atoms with E-state index in [-0.39, 0.29) is 24.4 Å². The summed E-state index contributed by atoms with van der Waals surface area (Å²) in [5, 5.41) is 11.2. The van der Waals surface area contributed by atoms with Gasteiger partial charge in [0.2, 0.25) is 5.91 Å². The maximum atomic E-state index is 11.7. The first-order chi connectivity index (χ1) is 8.04. The first kappa shape index (κ1) is 13.3. The van der Waals surface area contributed by atoms with Gasteiger partial charge in [-0.2, -0.15) is 5.26 Å². The van der Waals surface area contributed by atoms with Gasteiger partial charge in [0, 0.05) is 33.2 Å². The van der Waals surface area contributed by atoms with E-state index in [0.29, 0.717) is 13.1 Å². The lowest BCUT2D eigenvalue weighted by Gasteiger charge is -2.33. The van der Waals surface area contributed by atoms with Gasteiger partial charge in [-0.1, -0.05) is 0 Å². The first-order valence-electron chi connectivity index (χ1n) is 5.67. The minimum atomic E-state index is -0.232. The quantitative estimate of drug-likeness (QED) is 0.744. The number of piperidine rings is 1. The number of carbonyl (C=O) groups excluding carboxylic acids is 2. The van der Waals surface area contributed by atoms with Crippen LogP contribution in [0.1, 0.15) is 19.3 Å². The van der Waals surface area contributed by atoms with E-state index in [2.05, 4.69) is 5.32 Å². The Morgan fingerprint density at radius 3 is 2.47 bits per heavy atom. The molecule has 0 unspecified atom stereocenters. The Bertz CT molecular complexity index is 327. The van der Waals surface area contributed by atoms with E-state index in [1.165, 1.54) is 0 Å². The van der Waals surface area contributed by atoms with E-state index >= 15 is 0 Å². The van der Waals surface area contributed by atoms with Crippen LogP contribution in [0.25, 0.3) is 0 Å². The summed E-state index contributed by atoms with van der Waals surface area (Å²) in [5.74, 6) is -0.232. The summed E-state index contributed by atoms with van der Waals surface area (Å²) in [4.78, 5) is 26.2. The maximum Gasteiger partial charge on any atom is 0.319 e. The average molecular weight is 238 g/mol. The predicted molar refractivity (Wildman–Crippen MR) is 62.1 cm³/mol. The number of nitriles is 1. The predicted octanol–water partition coefficient (Wildman–Crippen LogP) is 0.162. The third-order valence-electron chi connectivity index (χ3n) is 2.75. The summed E-state index contributed by atoms with van der Waals surface area (Å²) >= 11 is 0. The number of rotatable bonds is 2. The van der Waals surface area contributed by atoms with Crippen molar-refractivity contribution in [3.05, 3.63) is 0 Å². The van der Waals surface area contributed by atoms with Crippen LogP contribution in [0, 0.1) is 11.3 Å². The van der Waals surface area contributed by atoms with Crippen LogP contribution in [0.2, 0.25) is 0 Å². The zero-order valence-electron chi connectivity index (χ0n) is 10.3. The highest BCUT2D eigenvalue weighted by atomic mass is 16.2. The van der Waals surface area contributed by atoms with Crippen molar-refractivity contribution in [2.45, 2.75) is 25.3 Å². The van der Waals surface area contributed by atoms with Crippen LogP contribution in [-0.4, -0.2) is 55.0 Å². The number of carbonyl (C=O) groups is 2. The molecule has 1 N–H and O–H groups in total. The monoisotopic (exact) mass is 238 g/mol. The number of nitrogens with zero attached hydrogens (tertiary/aromatic N) is 3. The molecule has 0 aromatic heterocycles. The van der Waals surface area contributed by atoms with Crippen LogP contribution in [0.15, 0.2) is 0 Å². The topological polar surface area (TPSA) is 76.4 Å². The fraction of sp³-hybridized carbons (Fsp3) is 0.727. The molecule has 1 aliphatic heterocycles. The number of urea groups is 1. The summed E-state index contributed by atoms with van der Waals surface area (Å²) in [6, 6.07) is 1.91. The highest BCUT2D eigenvalue weighted by Gasteiger charge is 2.24. The second-order valence-electron chi connectivity index (χ2n) is 4.34. The van der Waals surface area contributed by atoms with Crippen LogP contribution in [0.5, 0.6) is 0 Å². The molecule has 0 saturated carbocycles. The Hall–Kier alpha value is -1.77. The molecule has 0 aromatic rings. The third kappa shape index (κ3) is 3.94. The van der Waals surface area contributed by atoms with Gasteiger partial charge in [0.25, 0.3) is 0 Å². The molecule has 1 heterocycles. The van der Waals surface area contributed by atoms with E-state index in [9.17, 15) is 9.59 Å². The van der Waals surface area contributed by atoms with Gasteiger partial charge in [-0.05, 0) is 12.8 Å². The summed E-state index contributed by atoms with van der Waals surface area (Å²) in [7, 11) is 3.45. The van der Waals surface area contributed by atoms with Gasteiger partial charge in [-0.25, -0.2) is 4.79 Å². The number of nitrogens with one attached hydrogen (secondary N) is 1. The van der Waals surface area contributed by atoms with Crippen LogP contribution in [0.4, 0.5) is 4.79 Å². The maximum absolute atomic E-state index is 11.7. The number of hydrogen-bond donors (Lipinski definition) is 1. The molecule has 1 rings (SSSR count). The molecule has 0 spiro atoms. The van der Waals surface area contributed by atoms with Gasteiger partial charge >= 0.3 is 6.03 Å². The van der Waals surface area contributed by atoms with Crippen molar-refractivity contribution in [1.29, 1.82) is 5.26 Å². The number of likely N-dealkylation sites (tertiary alicyclic amines) is 1. The van der Waals surface area contributed by atoms with Gasteiger partial charge in [0.15, 0.2) is 0 Å². The largest absolute Gasteiger partial charge is 0.352 e. The van der Waals surface area contributed by atoms with Gasteiger partial charge in [-0.3, -0.25) is 4.79 Å². The Kier molecular flexibility index (Phi) is 4.76.